The maximum Gasteiger partial charge on any atom is 0.344 e. The summed E-state index contributed by atoms with van der Waals surface area (Å²) in [5.74, 6) is 0.420. The molecule has 0 atom stereocenters. The van der Waals surface area contributed by atoms with Crippen molar-refractivity contribution in [2.24, 2.45) is 0 Å². The van der Waals surface area contributed by atoms with Gasteiger partial charge in [0.25, 0.3) is 0 Å². The normalized spacial score (nSPS) is 17.7. The first-order chi connectivity index (χ1) is 6.74. The number of hydrogen-bond donors (Lipinski definition) is 0. The highest BCUT2D eigenvalue weighted by molar-refractivity contribution is 6.03. The fourth-order valence-electron chi connectivity index (χ4n) is 1.49. The third-order valence-corrected chi connectivity index (χ3v) is 2.35. The lowest BCUT2D eigenvalue weighted by atomic mass is 10.0. The van der Waals surface area contributed by atoms with Crippen LogP contribution in [0.4, 0.5) is 0 Å². The lowest BCUT2D eigenvalue weighted by Crippen LogP contribution is -1.92. The van der Waals surface area contributed by atoms with Crippen molar-refractivity contribution in [3.8, 4) is 0 Å². The fraction of sp³-hybridized carbons (Fsp3) is 0.167. The number of fused-ring (bicyclic) bond motifs is 1. The number of esters is 1. The topological polar surface area (TPSA) is 26.3 Å². The lowest BCUT2D eigenvalue weighted by molar-refractivity contribution is 0.0714. The maximum atomic E-state index is 11.4. The largest absolute Gasteiger partial charge is 0.422 e. The van der Waals surface area contributed by atoms with E-state index >= 15 is 0 Å². The molecular formula is C12H11O2. The van der Waals surface area contributed by atoms with Crippen LogP contribution in [0.3, 0.4) is 0 Å². The van der Waals surface area contributed by atoms with Gasteiger partial charge in [-0.25, -0.2) is 4.79 Å². The van der Waals surface area contributed by atoms with Gasteiger partial charge >= 0.3 is 5.97 Å². The molecule has 0 saturated heterocycles. The van der Waals surface area contributed by atoms with Crippen LogP contribution in [0, 0.1) is 6.92 Å². The summed E-state index contributed by atoms with van der Waals surface area (Å²) in [5.41, 5.74) is 2.54. The van der Waals surface area contributed by atoms with Crippen molar-refractivity contribution in [1.29, 1.82) is 0 Å². The Morgan fingerprint density at radius 3 is 2.64 bits per heavy atom. The molecule has 14 heavy (non-hydrogen) atoms. The van der Waals surface area contributed by atoms with Gasteiger partial charge in [0.1, 0.15) is 5.76 Å². The van der Waals surface area contributed by atoms with Gasteiger partial charge in [-0.05, 0) is 31.9 Å². The number of carbonyl (C=O) groups is 1. The number of cyclic esters (lactones) is 1. The van der Waals surface area contributed by atoms with Crippen LogP contribution in [0.25, 0.3) is 5.76 Å². The van der Waals surface area contributed by atoms with E-state index in [1.807, 2.05) is 25.1 Å². The van der Waals surface area contributed by atoms with E-state index in [0.717, 1.165) is 11.1 Å². The molecular weight excluding hydrogens is 176 g/mol. The highest BCUT2D eigenvalue weighted by Gasteiger charge is 2.26. The zero-order chi connectivity index (χ0) is 10.1. The van der Waals surface area contributed by atoms with Gasteiger partial charge in [0, 0.05) is 5.56 Å². The average molecular weight is 187 g/mol. The van der Waals surface area contributed by atoms with E-state index in [2.05, 4.69) is 6.92 Å². The summed E-state index contributed by atoms with van der Waals surface area (Å²) in [6.45, 7) is 5.71. The minimum absolute atomic E-state index is 0.261. The standard InChI is InChI=1S/C12H11O2/c1-3-8(2)11-9-6-4-5-7-10(9)12(13)14-11/h4-7H,1,3H2,2H3. The molecule has 1 aliphatic heterocycles. The van der Waals surface area contributed by atoms with Gasteiger partial charge in [0.15, 0.2) is 0 Å². The van der Waals surface area contributed by atoms with E-state index in [0.29, 0.717) is 17.7 Å². The fourth-order valence-corrected chi connectivity index (χ4v) is 1.49. The molecule has 0 aliphatic carbocycles. The Kier molecular flexibility index (Phi) is 2.12. The van der Waals surface area contributed by atoms with Crippen LogP contribution < -0.4 is 0 Å². The Hall–Kier alpha value is -1.57. The average Bonchev–Trinajstić information content (AvgIpc) is 2.56. The number of benzene rings is 1. The Morgan fingerprint density at radius 2 is 2.00 bits per heavy atom. The first-order valence-corrected chi connectivity index (χ1v) is 4.54. The van der Waals surface area contributed by atoms with E-state index in [1.165, 1.54) is 0 Å². The summed E-state index contributed by atoms with van der Waals surface area (Å²) in [6, 6.07) is 7.41. The van der Waals surface area contributed by atoms with Crippen LogP contribution in [0.15, 0.2) is 29.8 Å². The van der Waals surface area contributed by atoms with Gasteiger partial charge in [-0.15, -0.1) is 0 Å². The predicted molar refractivity (Wildman–Crippen MR) is 54.4 cm³/mol. The van der Waals surface area contributed by atoms with Gasteiger partial charge in [-0.1, -0.05) is 18.2 Å². The first-order valence-electron chi connectivity index (χ1n) is 4.54. The summed E-state index contributed by atoms with van der Waals surface area (Å²) >= 11 is 0. The van der Waals surface area contributed by atoms with Crippen molar-refractivity contribution >= 4 is 11.7 Å². The molecule has 0 amide bonds. The number of rotatable bonds is 1. The van der Waals surface area contributed by atoms with Crippen LogP contribution in [-0.4, -0.2) is 5.97 Å². The second-order valence-corrected chi connectivity index (χ2v) is 3.29. The molecule has 0 bridgehead atoms. The van der Waals surface area contributed by atoms with E-state index < -0.39 is 0 Å². The van der Waals surface area contributed by atoms with Crippen molar-refractivity contribution in [3.63, 3.8) is 0 Å². The third kappa shape index (κ3) is 1.23. The summed E-state index contributed by atoms with van der Waals surface area (Å²) < 4.78 is 5.19. The van der Waals surface area contributed by atoms with Gasteiger partial charge in [0.2, 0.25) is 0 Å². The van der Waals surface area contributed by atoms with Crippen molar-refractivity contribution in [3.05, 3.63) is 47.9 Å². The summed E-state index contributed by atoms with van der Waals surface area (Å²) in [5, 5.41) is 0. The quantitative estimate of drug-likeness (QED) is 0.632. The monoisotopic (exact) mass is 187 g/mol. The molecule has 0 spiro atoms. The van der Waals surface area contributed by atoms with E-state index in [-0.39, 0.29) is 5.97 Å². The summed E-state index contributed by atoms with van der Waals surface area (Å²) in [7, 11) is 0. The highest BCUT2D eigenvalue weighted by Crippen LogP contribution is 2.32. The molecule has 1 aliphatic rings. The minimum Gasteiger partial charge on any atom is -0.422 e. The van der Waals surface area contributed by atoms with Crippen molar-refractivity contribution in [1.82, 2.24) is 0 Å². The second kappa shape index (κ2) is 3.29. The first kappa shape index (κ1) is 9.00. The number of ether oxygens (including phenoxy) is 1. The summed E-state index contributed by atoms with van der Waals surface area (Å²) in [6.07, 6.45) is 0.650. The molecule has 1 heterocycles. The zero-order valence-electron chi connectivity index (χ0n) is 8.04. The summed E-state index contributed by atoms with van der Waals surface area (Å²) in [4.78, 5) is 11.4. The Morgan fingerprint density at radius 1 is 1.36 bits per heavy atom. The third-order valence-electron chi connectivity index (χ3n) is 2.35. The van der Waals surface area contributed by atoms with Gasteiger partial charge < -0.3 is 4.74 Å². The SMILES string of the molecule is [CH2]CC(C)=C1OC(=O)c2ccccc21. The Labute approximate surface area is 83.2 Å². The number of hydrogen-bond acceptors (Lipinski definition) is 2. The van der Waals surface area contributed by atoms with Crippen LogP contribution in [0.2, 0.25) is 0 Å². The highest BCUT2D eigenvalue weighted by atomic mass is 16.5. The van der Waals surface area contributed by atoms with Crippen LogP contribution >= 0.6 is 0 Å². The Balaban J connectivity index is 2.60. The molecule has 2 rings (SSSR count). The van der Waals surface area contributed by atoms with Gasteiger partial charge in [-0.3, -0.25) is 0 Å². The smallest absolute Gasteiger partial charge is 0.344 e. The maximum absolute atomic E-state index is 11.4. The Bertz CT molecular complexity index is 416. The lowest BCUT2D eigenvalue weighted by Gasteiger charge is -2.02. The minimum atomic E-state index is -0.261. The molecule has 0 aromatic heterocycles. The molecule has 71 valence electrons. The van der Waals surface area contributed by atoms with Crippen molar-refractivity contribution in [2.45, 2.75) is 13.3 Å². The van der Waals surface area contributed by atoms with Crippen LogP contribution in [0.5, 0.6) is 0 Å². The molecule has 1 aromatic rings. The molecule has 0 saturated carbocycles. The molecule has 1 radical (unpaired) electrons. The number of allylic oxidation sites excluding steroid dienone is 1. The number of carbonyl (C=O) groups excluding carboxylic acids is 1. The van der Waals surface area contributed by atoms with Gasteiger partial charge in [0.05, 0.1) is 5.56 Å². The molecule has 0 fully saturated rings. The molecule has 0 N–H and O–H groups in total. The van der Waals surface area contributed by atoms with Crippen LogP contribution in [-0.2, 0) is 4.74 Å². The zero-order valence-corrected chi connectivity index (χ0v) is 8.04. The molecule has 1 aromatic carbocycles. The predicted octanol–water partition coefficient (Wildman–Crippen LogP) is 2.81. The van der Waals surface area contributed by atoms with Crippen LogP contribution in [0.1, 0.15) is 29.3 Å². The van der Waals surface area contributed by atoms with E-state index in [9.17, 15) is 4.79 Å². The van der Waals surface area contributed by atoms with E-state index in [4.69, 9.17) is 4.74 Å². The van der Waals surface area contributed by atoms with Crippen molar-refractivity contribution in [2.75, 3.05) is 0 Å². The van der Waals surface area contributed by atoms with Gasteiger partial charge in [-0.2, -0.15) is 0 Å². The molecule has 2 nitrogen and oxygen atoms in total. The second-order valence-electron chi connectivity index (χ2n) is 3.29. The molecule has 2 heteroatoms. The van der Waals surface area contributed by atoms with Crippen molar-refractivity contribution < 1.29 is 9.53 Å². The van der Waals surface area contributed by atoms with E-state index in [1.54, 1.807) is 6.07 Å². The molecule has 0 unspecified atom stereocenters.